The maximum atomic E-state index is 13.0. The van der Waals surface area contributed by atoms with Crippen molar-refractivity contribution in [1.82, 2.24) is 0 Å². The first-order valence-corrected chi connectivity index (χ1v) is 10.8. The summed E-state index contributed by atoms with van der Waals surface area (Å²) in [4.78, 5) is 13.9. The largest absolute Gasteiger partial charge is 0.294 e. The lowest BCUT2D eigenvalue weighted by atomic mass is 9.99. The summed E-state index contributed by atoms with van der Waals surface area (Å²) in [5.74, 6) is 0.0914. The highest BCUT2D eigenvalue weighted by molar-refractivity contribution is 7.99. The summed E-state index contributed by atoms with van der Waals surface area (Å²) in [6.07, 6.45) is 0.345. The van der Waals surface area contributed by atoms with Crippen molar-refractivity contribution in [3.63, 3.8) is 0 Å². The molecule has 0 saturated carbocycles. The molecule has 0 N–H and O–H groups in total. The minimum Gasteiger partial charge on any atom is -0.294 e. The lowest BCUT2D eigenvalue weighted by Crippen LogP contribution is -2.06. The Kier molecular flexibility index (Phi) is 7.11. The van der Waals surface area contributed by atoms with E-state index in [1.165, 1.54) is 17.3 Å². The molecular weight excluding hydrogens is 431 g/mol. The Balaban J connectivity index is 1.91. The third-order valence-electron chi connectivity index (χ3n) is 4.63. The van der Waals surface area contributed by atoms with Gasteiger partial charge in [-0.2, -0.15) is 0 Å². The van der Waals surface area contributed by atoms with Crippen molar-refractivity contribution in [2.24, 2.45) is 0 Å². The van der Waals surface area contributed by atoms with E-state index in [9.17, 15) is 4.79 Å². The fourth-order valence-corrected chi connectivity index (χ4v) is 4.66. The topological polar surface area (TPSA) is 17.1 Å². The van der Waals surface area contributed by atoms with E-state index < -0.39 is 0 Å². The summed E-state index contributed by atoms with van der Waals surface area (Å²) in [5, 5.41) is 1.56. The Morgan fingerprint density at radius 1 is 0.929 bits per heavy atom. The summed E-state index contributed by atoms with van der Waals surface area (Å²) in [5.41, 5.74) is 4.02. The quantitative estimate of drug-likeness (QED) is 0.278. The predicted octanol–water partition coefficient (Wildman–Crippen LogP) is 8.37. The van der Waals surface area contributed by atoms with Gasteiger partial charge in [0.1, 0.15) is 0 Å². The molecule has 0 aliphatic carbocycles. The van der Waals surface area contributed by atoms with Crippen LogP contribution in [0.15, 0.2) is 65.6 Å². The predicted molar refractivity (Wildman–Crippen MR) is 121 cm³/mol. The molecule has 0 aliphatic rings. The molecule has 0 spiro atoms. The molecule has 0 amide bonds. The fourth-order valence-electron chi connectivity index (χ4n) is 2.83. The van der Waals surface area contributed by atoms with Gasteiger partial charge in [-0.25, -0.2) is 0 Å². The monoisotopic (exact) mass is 448 g/mol. The zero-order chi connectivity index (χ0) is 20.3. The van der Waals surface area contributed by atoms with E-state index in [1.54, 1.807) is 6.07 Å². The maximum Gasteiger partial charge on any atom is 0.164 e. The number of rotatable bonds is 6. The van der Waals surface area contributed by atoms with Crippen LogP contribution in [0.25, 0.3) is 0 Å². The number of hydrogen-bond donors (Lipinski definition) is 0. The van der Waals surface area contributed by atoms with Crippen molar-refractivity contribution in [3.8, 4) is 0 Å². The Bertz CT molecular complexity index is 999. The van der Waals surface area contributed by atoms with Crippen LogP contribution in [-0.4, -0.2) is 5.78 Å². The fraction of sp³-hybridized carbons (Fsp3) is 0.174. The SMILES string of the molecule is Cc1ccc(C(=O)C[C@@H](Sc2cccc(Cl)c2Cl)c2ccc(Cl)cc2)cc1C. The minimum absolute atomic E-state index is 0.0914. The van der Waals surface area contributed by atoms with Gasteiger partial charge in [0.2, 0.25) is 0 Å². The number of carbonyl (C=O) groups excluding carboxylic acids is 1. The third kappa shape index (κ3) is 5.12. The van der Waals surface area contributed by atoms with Crippen LogP contribution in [0.3, 0.4) is 0 Å². The number of Topliss-reactive ketones (excluding diaryl/α,β-unsaturated/α-hetero) is 1. The summed E-state index contributed by atoms with van der Waals surface area (Å²) in [7, 11) is 0. The molecule has 0 bridgehead atoms. The van der Waals surface area contributed by atoms with Crippen molar-refractivity contribution < 1.29 is 4.79 Å². The minimum atomic E-state index is -0.109. The molecule has 1 nitrogen and oxygen atoms in total. The molecular formula is C23H19Cl3OS. The first-order valence-electron chi connectivity index (χ1n) is 8.81. The summed E-state index contributed by atoms with van der Waals surface area (Å²) >= 11 is 20.1. The number of carbonyl (C=O) groups is 1. The van der Waals surface area contributed by atoms with Crippen LogP contribution in [-0.2, 0) is 0 Å². The van der Waals surface area contributed by atoms with E-state index in [2.05, 4.69) is 0 Å². The first-order chi connectivity index (χ1) is 13.3. The van der Waals surface area contributed by atoms with Gasteiger partial charge in [-0.05, 0) is 60.9 Å². The van der Waals surface area contributed by atoms with Crippen molar-refractivity contribution in [1.29, 1.82) is 0 Å². The zero-order valence-electron chi connectivity index (χ0n) is 15.5. The van der Waals surface area contributed by atoms with Crippen LogP contribution in [0, 0.1) is 13.8 Å². The lowest BCUT2D eigenvalue weighted by Gasteiger charge is -2.18. The Labute approximate surface area is 185 Å². The number of halogens is 3. The van der Waals surface area contributed by atoms with Crippen LogP contribution in [0.4, 0.5) is 0 Å². The third-order valence-corrected chi connectivity index (χ3v) is 7.13. The number of thioether (sulfide) groups is 1. The first kappa shape index (κ1) is 21.3. The average Bonchev–Trinajstić information content (AvgIpc) is 2.67. The highest BCUT2D eigenvalue weighted by Gasteiger charge is 2.21. The van der Waals surface area contributed by atoms with E-state index in [0.717, 1.165) is 21.6 Å². The molecule has 0 fully saturated rings. The molecule has 3 aromatic carbocycles. The van der Waals surface area contributed by atoms with E-state index in [4.69, 9.17) is 34.8 Å². The summed E-state index contributed by atoms with van der Waals surface area (Å²) in [6, 6.07) is 18.9. The molecule has 3 rings (SSSR count). The number of aryl methyl sites for hydroxylation is 2. The van der Waals surface area contributed by atoms with Crippen LogP contribution in [0.5, 0.6) is 0 Å². The lowest BCUT2D eigenvalue weighted by molar-refractivity contribution is 0.0982. The van der Waals surface area contributed by atoms with Crippen molar-refractivity contribution in [2.75, 3.05) is 0 Å². The molecule has 0 radical (unpaired) electrons. The smallest absolute Gasteiger partial charge is 0.164 e. The van der Waals surface area contributed by atoms with Gasteiger partial charge in [0.05, 0.1) is 10.0 Å². The Morgan fingerprint density at radius 2 is 1.64 bits per heavy atom. The van der Waals surface area contributed by atoms with Crippen LogP contribution in [0.1, 0.15) is 38.7 Å². The number of benzene rings is 3. The van der Waals surface area contributed by atoms with Crippen LogP contribution in [0.2, 0.25) is 15.1 Å². The van der Waals surface area contributed by atoms with Gasteiger partial charge in [-0.1, -0.05) is 65.1 Å². The van der Waals surface area contributed by atoms with Gasteiger partial charge in [0.25, 0.3) is 0 Å². The molecule has 0 saturated heterocycles. The van der Waals surface area contributed by atoms with Crippen molar-refractivity contribution in [2.45, 2.75) is 30.4 Å². The molecule has 0 heterocycles. The van der Waals surface area contributed by atoms with E-state index in [0.29, 0.717) is 21.5 Å². The molecule has 1 atom stereocenters. The second-order valence-corrected chi connectivity index (χ2v) is 9.10. The van der Waals surface area contributed by atoms with Crippen molar-refractivity contribution >= 4 is 52.3 Å². The number of hydrogen-bond acceptors (Lipinski definition) is 2. The van der Waals surface area contributed by atoms with Gasteiger partial charge in [-0.15, -0.1) is 11.8 Å². The molecule has 28 heavy (non-hydrogen) atoms. The van der Waals surface area contributed by atoms with Gasteiger partial charge in [0.15, 0.2) is 5.78 Å². The van der Waals surface area contributed by atoms with Crippen LogP contribution >= 0.6 is 46.6 Å². The van der Waals surface area contributed by atoms with E-state index in [-0.39, 0.29) is 11.0 Å². The van der Waals surface area contributed by atoms with E-state index in [1.807, 2.05) is 68.4 Å². The highest BCUT2D eigenvalue weighted by Crippen LogP contribution is 2.43. The highest BCUT2D eigenvalue weighted by atomic mass is 35.5. The van der Waals surface area contributed by atoms with E-state index >= 15 is 0 Å². The second-order valence-electron chi connectivity index (χ2n) is 6.64. The maximum absolute atomic E-state index is 13.0. The standard InChI is InChI=1S/C23H19Cl3OS/c1-14-6-7-17(12-15(14)2)20(27)13-22(16-8-10-18(24)11-9-16)28-21-5-3-4-19(25)23(21)26/h3-12,22H,13H2,1-2H3/t22-/m1/s1. The van der Waals surface area contributed by atoms with Gasteiger partial charge < -0.3 is 0 Å². The number of ketones is 1. The molecule has 0 aromatic heterocycles. The molecule has 0 aliphatic heterocycles. The molecule has 5 heteroatoms. The Hall–Kier alpha value is -1.45. The molecule has 144 valence electrons. The molecule has 0 unspecified atom stereocenters. The normalized spacial score (nSPS) is 12.0. The van der Waals surface area contributed by atoms with Crippen molar-refractivity contribution in [3.05, 3.63) is 98.0 Å². The summed E-state index contributed by atoms with van der Waals surface area (Å²) < 4.78 is 0. The molecule has 3 aromatic rings. The van der Waals surface area contributed by atoms with Gasteiger partial charge in [0, 0.05) is 27.2 Å². The van der Waals surface area contributed by atoms with Gasteiger partial charge in [-0.3, -0.25) is 4.79 Å². The van der Waals surface area contributed by atoms with Gasteiger partial charge >= 0.3 is 0 Å². The Morgan fingerprint density at radius 3 is 2.32 bits per heavy atom. The van der Waals surface area contributed by atoms with Crippen LogP contribution < -0.4 is 0 Å². The summed E-state index contributed by atoms with van der Waals surface area (Å²) in [6.45, 7) is 4.06. The zero-order valence-corrected chi connectivity index (χ0v) is 18.6. The average molecular weight is 450 g/mol. The second kappa shape index (κ2) is 9.37.